The maximum absolute atomic E-state index is 3.51. The van der Waals surface area contributed by atoms with E-state index in [1.54, 1.807) is 0 Å². The smallest absolute Gasteiger partial charge is 0.0112 e. The predicted molar refractivity (Wildman–Crippen MR) is 66.2 cm³/mol. The van der Waals surface area contributed by atoms with E-state index in [1.807, 2.05) is 0 Å². The van der Waals surface area contributed by atoms with E-state index in [0.29, 0.717) is 0 Å². The van der Waals surface area contributed by atoms with E-state index in [9.17, 15) is 0 Å². The summed E-state index contributed by atoms with van der Waals surface area (Å²) >= 11 is 3.51. The van der Waals surface area contributed by atoms with E-state index >= 15 is 0 Å². The normalized spacial score (nSPS) is 23.6. The summed E-state index contributed by atoms with van der Waals surface area (Å²) in [5.41, 5.74) is 0. The van der Waals surface area contributed by atoms with Crippen LogP contribution in [0.3, 0.4) is 0 Å². The predicted octanol–water partition coefficient (Wildman–Crippen LogP) is 2.19. The van der Waals surface area contributed by atoms with Crippen LogP contribution < -0.4 is 0 Å². The summed E-state index contributed by atoms with van der Waals surface area (Å²) in [6.07, 6.45) is 5.52. The molecule has 1 unspecified atom stereocenters. The molecule has 1 rings (SSSR count). The minimum absolute atomic E-state index is 0.868. The minimum Gasteiger partial charge on any atom is -0.308 e. The van der Waals surface area contributed by atoms with Crippen molar-refractivity contribution in [2.45, 2.75) is 31.7 Å². The van der Waals surface area contributed by atoms with Crippen LogP contribution in [0.5, 0.6) is 0 Å². The summed E-state index contributed by atoms with van der Waals surface area (Å²) in [6.45, 7) is 3.77. The molecule has 2 nitrogen and oxygen atoms in total. The molecule has 0 bridgehead atoms. The molecule has 3 heteroatoms. The lowest BCUT2D eigenvalue weighted by atomic mass is 10.1. The zero-order chi connectivity index (χ0) is 10.4. The minimum atomic E-state index is 0.868. The van der Waals surface area contributed by atoms with Crippen LogP contribution in [0, 0.1) is 0 Å². The molecular weight excluding hydrogens is 240 g/mol. The Kier molecular flexibility index (Phi) is 6.06. The van der Waals surface area contributed by atoms with Gasteiger partial charge in [-0.05, 0) is 46.3 Å². The van der Waals surface area contributed by atoms with Gasteiger partial charge in [0.25, 0.3) is 0 Å². The second-order valence-electron chi connectivity index (χ2n) is 4.47. The summed E-state index contributed by atoms with van der Waals surface area (Å²) in [6, 6.07) is 0.868. The molecule has 0 radical (unpaired) electrons. The Hall–Kier alpha value is 0.400. The zero-order valence-electron chi connectivity index (χ0n) is 9.51. The van der Waals surface area contributed by atoms with Gasteiger partial charge in [-0.2, -0.15) is 0 Å². The maximum atomic E-state index is 3.51. The summed E-state index contributed by atoms with van der Waals surface area (Å²) in [5, 5.41) is 1.16. The number of rotatable bonds is 6. The van der Waals surface area contributed by atoms with Crippen molar-refractivity contribution < 1.29 is 0 Å². The lowest BCUT2D eigenvalue weighted by Crippen LogP contribution is -2.35. The summed E-state index contributed by atoms with van der Waals surface area (Å²) in [7, 11) is 4.31. The summed E-state index contributed by atoms with van der Waals surface area (Å²) in [4.78, 5) is 4.95. The van der Waals surface area contributed by atoms with Crippen LogP contribution in [0.25, 0.3) is 0 Å². The monoisotopic (exact) mass is 262 g/mol. The van der Waals surface area contributed by atoms with Crippen molar-refractivity contribution in [3.63, 3.8) is 0 Å². The van der Waals surface area contributed by atoms with E-state index in [1.165, 1.54) is 45.3 Å². The third-order valence-electron chi connectivity index (χ3n) is 3.00. The van der Waals surface area contributed by atoms with Crippen molar-refractivity contribution >= 4 is 15.9 Å². The van der Waals surface area contributed by atoms with Gasteiger partial charge in [-0.3, -0.25) is 4.90 Å². The molecule has 1 aliphatic rings. The van der Waals surface area contributed by atoms with Crippen LogP contribution in [-0.4, -0.2) is 54.9 Å². The molecule has 0 spiro atoms. The molecule has 1 saturated heterocycles. The van der Waals surface area contributed by atoms with Crippen LogP contribution in [0.1, 0.15) is 25.7 Å². The third-order valence-corrected chi connectivity index (χ3v) is 3.57. The molecule has 1 atom stereocenters. The van der Waals surface area contributed by atoms with Crippen LogP contribution in [0.2, 0.25) is 0 Å². The first-order chi connectivity index (χ1) is 6.74. The Labute approximate surface area is 96.8 Å². The SMILES string of the molecule is CN(C)CCN1CCCC1CCCBr. The van der Waals surface area contributed by atoms with Gasteiger partial charge in [0.2, 0.25) is 0 Å². The van der Waals surface area contributed by atoms with Crippen molar-refractivity contribution in [3.8, 4) is 0 Å². The Bertz CT molecular complexity index is 150. The fourth-order valence-electron chi connectivity index (χ4n) is 2.16. The van der Waals surface area contributed by atoms with Gasteiger partial charge >= 0.3 is 0 Å². The molecule has 1 heterocycles. The first-order valence-electron chi connectivity index (χ1n) is 5.69. The molecule has 0 aromatic rings. The number of hydrogen-bond donors (Lipinski definition) is 0. The van der Waals surface area contributed by atoms with E-state index in [0.717, 1.165) is 11.4 Å². The molecule has 0 N–H and O–H groups in total. The van der Waals surface area contributed by atoms with Crippen LogP contribution >= 0.6 is 15.9 Å². The molecule has 1 fully saturated rings. The first-order valence-corrected chi connectivity index (χ1v) is 6.81. The molecular formula is C11H23BrN2. The zero-order valence-corrected chi connectivity index (χ0v) is 11.1. The fraction of sp³-hybridized carbons (Fsp3) is 1.00. The second-order valence-corrected chi connectivity index (χ2v) is 5.26. The highest BCUT2D eigenvalue weighted by molar-refractivity contribution is 9.09. The molecule has 0 amide bonds. The van der Waals surface area contributed by atoms with Crippen molar-refractivity contribution in [2.75, 3.05) is 39.1 Å². The average molecular weight is 263 g/mol. The standard InChI is InChI=1S/C11H23BrN2/c1-13(2)9-10-14-8-4-6-11(14)5-3-7-12/h11H,3-10H2,1-2H3. The van der Waals surface area contributed by atoms with Crippen molar-refractivity contribution in [3.05, 3.63) is 0 Å². The van der Waals surface area contributed by atoms with Crippen LogP contribution in [0.4, 0.5) is 0 Å². The molecule has 1 aliphatic heterocycles. The molecule has 84 valence electrons. The largest absolute Gasteiger partial charge is 0.308 e. The molecule has 0 aromatic heterocycles. The highest BCUT2D eigenvalue weighted by atomic mass is 79.9. The van der Waals surface area contributed by atoms with Gasteiger partial charge in [0.1, 0.15) is 0 Å². The molecule has 0 saturated carbocycles. The van der Waals surface area contributed by atoms with Crippen molar-refractivity contribution in [1.29, 1.82) is 0 Å². The third kappa shape index (κ3) is 4.28. The van der Waals surface area contributed by atoms with E-state index < -0.39 is 0 Å². The van der Waals surface area contributed by atoms with Gasteiger partial charge in [0.15, 0.2) is 0 Å². The second kappa shape index (κ2) is 6.81. The fourth-order valence-corrected chi connectivity index (χ4v) is 2.48. The molecule has 0 aromatic carbocycles. The first kappa shape index (κ1) is 12.5. The topological polar surface area (TPSA) is 6.48 Å². The highest BCUT2D eigenvalue weighted by Gasteiger charge is 2.23. The van der Waals surface area contributed by atoms with E-state index in [-0.39, 0.29) is 0 Å². The van der Waals surface area contributed by atoms with E-state index in [2.05, 4.69) is 39.8 Å². The lowest BCUT2D eigenvalue weighted by Gasteiger charge is -2.25. The lowest BCUT2D eigenvalue weighted by molar-refractivity contribution is 0.217. The Morgan fingerprint density at radius 2 is 2.21 bits per heavy atom. The van der Waals surface area contributed by atoms with Gasteiger partial charge in [0, 0.05) is 24.5 Å². The highest BCUT2D eigenvalue weighted by Crippen LogP contribution is 2.21. The molecule has 14 heavy (non-hydrogen) atoms. The summed E-state index contributed by atoms with van der Waals surface area (Å²) in [5.74, 6) is 0. The summed E-state index contributed by atoms with van der Waals surface area (Å²) < 4.78 is 0. The van der Waals surface area contributed by atoms with Crippen LogP contribution in [-0.2, 0) is 0 Å². The quantitative estimate of drug-likeness (QED) is 0.678. The maximum Gasteiger partial charge on any atom is 0.0112 e. The number of alkyl halides is 1. The number of halogens is 1. The van der Waals surface area contributed by atoms with Crippen molar-refractivity contribution in [2.24, 2.45) is 0 Å². The van der Waals surface area contributed by atoms with Crippen LogP contribution in [0.15, 0.2) is 0 Å². The van der Waals surface area contributed by atoms with Gasteiger partial charge in [-0.15, -0.1) is 0 Å². The Morgan fingerprint density at radius 3 is 2.86 bits per heavy atom. The number of nitrogens with zero attached hydrogens (tertiary/aromatic N) is 2. The number of likely N-dealkylation sites (tertiary alicyclic amines) is 1. The molecule has 0 aliphatic carbocycles. The Balaban J connectivity index is 2.21. The van der Waals surface area contributed by atoms with Gasteiger partial charge in [-0.1, -0.05) is 15.9 Å². The van der Waals surface area contributed by atoms with E-state index in [4.69, 9.17) is 0 Å². The van der Waals surface area contributed by atoms with Gasteiger partial charge in [0.05, 0.1) is 0 Å². The average Bonchev–Trinajstić information content (AvgIpc) is 2.58. The Morgan fingerprint density at radius 1 is 1.43 bits per heavy atom. The van der Waals surface area contributed by atoms with Gasteiger partial charge < -0.3 is 4.90 Å². The van der Waals surface area contributed by atoms with Gasteiger partial charge in [-0.25, -0.2) is 0 Å². The van der Waals surface area contributed by atoms with Crippen molar-refractivity contribution in [1.82, 2.24) is 9.80 Å². The number of likely N-dealkylation sites (N-methyl/N-ethyl adjacent to an activating group) is 1. The number of hydrogen-bond acceptors (Lipinski definition) is 2.